The number of morpholine rings is 1. The van der Waals surface area contributed by atoms with Gasteiger partial charge in [0.2, 0.25) is 15.7 Å². The number of nitrogens with zero attached hydrogens (tertiary/aromatic N) is 1. The smallest absolute Gasteiger partial charge is 0.318 e. The predicted octanol–water partition coefficient (Wildman–Crippen LogP) is 2.15. The molecule has 2 atom stereocenters. The SMILES string of the molecule is C=CS(=O)(=O)C(=O)[C@H](COCc1ccccc1)NC(=O)[C@H](CC1CCCCC1)NC(=O)N1CCOCC1. The number of rotatable bonds is 11. The number of benzene rings is 1. The highest BCUT2D eigenvalue weighted by atomic mass is 32.2. The Bertz CT molecular complexity index is 1020. The van der Waals surface area contributed by atoms with Crippen molar-refractivity contribution >= 4 is 26.9 Å². The summed E-state index contributed by atoms with van der Waals surface area (Å²) in [6, 6.07) is 6.42. The zero-order valence-electron chi connectivity index (χ0n) is 21.1. The first-order valence-corrected chi connectivity index (χ1v) is 14.3. The average Bonchev–Trinajstić information content (AvgIpc) is 2.93. The molecule has 1 aliphatic carbocycles. The number of carbonyl (C=O) groups is 3. The van der Waals surface area contributed by atoms with E-state index in [1.165, 1.54) is 0 Å². The lowest BCUT2D eigenvalue weighted by molar-refractivity contribution is -0.128. The van der Waals surface area contributed by atoms with Crippen LogP contribution in [0.3, 0.4) is 0 Å². The highest BCUT2D eigenvalue weighted by Gasteiger charge is 2.34. The maximum Gasteiger partial charge on any atom is 0.318 e. The molecule has 2 N–H and O–H groups in total. The maximum absolute atomic E-state index is 13.4. The first kappa shape index (κ1) is 28.8. The van der Waals surface area contributed by atoms with Gasteiger partial charge in [-0.05, 0) is 17.9 Å². The van der Waals surface area contributed by atoms with E-state index >= 15 is 0 Å². The van der Waals surface area contributed by atoms with E-state index in [4.69, 9.17) is 9.47 Å². The molecule has 0 bridgehead atoms. The molecule has 37 heavy (non-hydrogen) atoms. The van der Waals surface area contributed by atoms with Crippen molar-refractivity contribution in [3.05, 3.63) is 47.9 Å². The Morgan fingerprint density at radius 3 is 2.38 bits per heavy atom. The van der Waals surface area contributed by atoms with Crippen molar-refractivity contribution in [2.24, 2.45) is 5.92 Å². The van der Waals surface area contributed by atoms with E-state index in [0.29, 0.717) is 38.1 Å². The van der Waals surface area contributed by atoms with Crippen molar-refractivity contribution in [1.29, 1.82) is 0 Å². The quantitative estimate of drug-likeness (QED) is 0.444. The highest BCUT2D eigenvalue weighted by molar-refractivity contribution is 8.08. The second-order valence-electron chi connectivity index (χ2n) is 9.43. The summed E-state index contributed by atoms with van der Waals surface area (Å²) in [5.74, 6) is -0.372. The van der Waals surface area contributed by atoms with E-state index in [2.05, 4.69) is 17.2 Å². The molecule has 0 spiro atoms. The lowest BCUT2D eigenvalue weighted by Crippen LogP contribution is -2.57. The first-order chi connectivity index (χ1) is 17.8. The fourth-order valence-corrected chi connectivity index (χ4v) is 5.27. The largest absolute Gasteiger partial charge is 0.378 e. The molecule has 1 aromatic carbocycles. The van der Waals surface area contributed by atoms with Gasteiger partial charge in [0.1, 0.15) is 12.1 Å². The summed E-state index contributed by atoms with van der Waals surface area (Å²) in [7, 11) is -4.31. The molecular weight excluding hydrogens is 498 g/mol. The van der Waals surface area contributed by atoms with Crippen LogP contribution < -0.4 is 10.6 Å². The third-order valence-corrected chi connectivity index (χ3v) is 7.99. The van der Waals surface area contributed by atoms with E-state index < -0.39 is 32.9 Å². The lowest BCUT2D eigenvalue weighted by Gasteiger charge is -2.31. The fourth-order valence-electron chi connectivity index (χ4n) is 4.58. The molecule has 1 heterocycles. The Hall–Kier alpha value is -2.76. The third kappa shape index (κ3) is 8.94. The van der Waals surface area contributed by atoms with Gasteiger partial charge < -0.3 is 25.0 Å². The number of hydrogen-bond acceptors (Lipinski definition) is 7. The van der Waals surface area contributed by atoms with Gasteiger partial charge in [0, 0.05) is 18.5 Å². The van der Waals surface area contributed by atoms with Gasteiger partial charge in [-0.1, -0.05) is 69.0 Å². The zero-order valence-corrected chi connectivity index (χ0v) is 21.9. The number of ether oxygens (including phenoxy) is 2. The summed E-state index contributed by atoms with van der Waals surface area (Å²) in [5, 5.41) is 4.71. The van der Waals surface area contributed by atoms with Crippen molar-refractivity contribution in [3.63, 3.8) is 0 Å². The predicted molar refractivity (Wildman–Crippen MR) is 138 cm³/mol. The minimum Gasteiger partial charge on any atom is -0.378 e. The summed E-state index contributed by atoms with van der Waals surface area (Å²) in [6.07, 6.45) is 5.56. The summed E-state index contributed by atoms with van der Waals surface area (Å²) < 4.78 is 35.4. The number of sulfone groups is 1. The molecule has 2 aliphatic rings. The molecular formula is C26H37N3O7S. The van der Waals surface area contributed by atoms with Crippen molar-refractivity contribution in [3.8, 4) is 0 Å². The van der Waals surface area contributed by atoms with Crippen molar-refractivity contribution < 1.29 is 32.3 Å². The van der Waals surface area contributed by atoms with Gasteiger partial charge in [-0.2, -0.15) is 0 Å². The topological polar surface area (TPSA) is 131 Å². The third-order valence-electron chi connectivity index (χ3n) is 6.70. The van der Waals surface area contributed by atoms with Crippen LogP contribution >= 0.6 is 0 Å². The highest BCUT2D eigenvalue weighted by Crippen LogP contribution is 2.27. The molecule has 1 saturated carbocycles. The molecule has 3 amide bonds. The summed E-state index contributed by atoms with van der Waals surface area (Å²) in [5.41, 5.74) is 0.833. The second kappa shape index (κ2) is 14.3. The molecule has 204 valence electrons. The molecule has 2 fully saturated rings. The van der Waals surface area contributed by atoms with Crippen LogP contribution in [0.5, 0.6) is 0 Å². The normalized spacial score (nSPS) is 18.4. The zero-order chi connectivity index (χ0) is 26.7. The van der Waals surface area contributed by atoms with E-state index in [1.54, 1.807) is 4.90 Å². The summed E-state index contributed by atoms with van der Waals surface area (Å²) in [4.78, 5) is 40.7. The molecule has 0 radical (unpaired) electrons. The monoisotopic (exact) mass is 535 g/mol. The number of nitrogens with one attached hydrogen (secondary N) is 2. The van der Waals surface area contributed by atoms with Crippen LogP contribution in [0.15, 0.2) is 42.3 Å². The van der Waals surface area contributed by atoms with Crippen LogP contribution in [0.25, 0.3) is 0 Å². The van der Waals surface area contributed by atoms with Crippen molar-refractivity contribution in [2.45, 2.75) is 57.2 Å². The minimum absolute atomic E-state index is 0.133. The number of amides is 3. The Morgan fingerprint density at radius 2 is 1.73 bits per heavy atom. The molecule has 11 heteroatoms. The van der Waals surface area contributed by atoms with Crippen LogP contribution in [-0.2, 0) is 35.5 Å². The molecule has 10 nitrogen and oxygen atoms in total. The van der Waals surface area contributed by atoms with E-state index in [-0.39, 0.29) is 25.2 Å². The van der Waals surface area contributed by atoms with Gasteiger partial charge in [-0.25, -0.2) is 13.2 Å². The number of carbonyl (C=O) groups excluding carboxylic acids is 3. The summed E-state index contributed by atoms with van der Waals surface area (Å²) in [6.45, 7) is 4.66. The van der Waals surface area contributed by atoms with Crippen LogP contribution in [0.1, 0.15) is 44.1 Å². The number of urea groups is 1. The van der Waals surface area contributed by atoms with Gasteiger partial charge in [0.25, 0.3) is 5.12 Å². The fraction of sp³-hybridized carbons (Fsp3) is 0.577. The van der Waals surface area contributed by atoms with Gasteiger partial charge in [-0.15, -0.1) is 0 Å². The van der Waals surface area contributed by atoms with Gasteiger partial charge in [0.15, 0.2) is 0 Å². The average molecular weight is 536 g/mol. The maximum atomic E-state index is 13.4. The minimum atomic E-state index is -4.31. The Balaban J connectivity index is 1.72. The van der Waals surface area contributed by atoms with E-state index in [9.17, 15) is 22.8 Å². The lowest BCUT2D eigenvalue weighted by atomic mass is 9.84. The molecule has 0 aromatic heterocycles. The molecule has 0 unspecified atom stereocenters. The van der Waals surface area contributed by atoms with Crippen LogP contribution in [0.4, 0.5) is 4.79 Å². The first-order valence-electron chi connectivity index (χ1n) is 12.8. The van der Waals surface area contributed by atoms with Crippen molar-refractivity contribution in [1.82, 2.24) is 15.5 Å². The van der Waals surface area contributed by atoms with Crippen LogP contribution in [-0.4, -0.2) is 75.4 Å². The number of hydrogen-bond donors (Lipinski definition) is 2. The van der Waals surface area contributed by atoms with Gasteiger partial charge >= 0.3 is 6.03 Å². The van der Waals surface area contributed by atoms with E-state index in [1.807, 2.05) is 30.3 Å². The summed E-state index contributed by atoms with van der Waals surface area (Å²) >= 11 is 0. The Kier molecular flexibility index (Phi) is 11.1. The molecule has 1 saturated heterocycles. The second-order valence-corrected chi connectivity index (χ2v) is 11.3. The van der Waals surface area contributed by atoms with E-state index in [0.717, 1.165) is 37.7 Å². The molecule has 3 rings (SSSR count). The molecule has 1 aromatic rings. The Labute approximate surface area is 218 Å². The van der Waals surface area contributed by atoms with Crippen LogP contribution in [0, 0.1) is 5.92 Å². The standard InChI is InChI=1S/C26H37N3O7S/c1-2-37(33,34)25(31)23(19-36-18-21-11-7-4-8-12-21)27-24(30)22(17-20-9-5-3-6-10-20)28-26(32)29-13-15-35-16-14-29/h2,4,7-8,11-12,20,22-23H,1,3,5-6,9-10,13-19H2,(H,27,30)(H,28,32)/t22-,23-/m0/s1. The van der Waals surface area contributed by atoms with Gasteiger partial charge in [-0.3, -0.25) is 9.59 Å². The van der Waals surface area contributed by atoms with Crippen LogP contribution in [0.2, 0.25) is 0 Å². The Morgan fingerprint density at radius 1 is 1.05 bits per heavy atom. The molecule has 1 aliphatic heterocycles. The van der Waals surface area contributed by atoms with Gasteiger partial charge in [0.05, 0.1) is 26.4 Å². The van der Waals surface area contributed by atoms with Crippen molar-refractivity contribution in [2.75, 3.05) is 32.9 Å².